The maximum absolute atomic E-state index is 13.0. The number of benzene rings is 2. The maximum atomic E-state index is 13.0. The third kappa shape index (κ3) is 3.88. The monoisotopic (exact) mass is 382 g/mol. The molecule has 0 saturated carbocycles. The van der Waals surface area contributed by atoms with Crippen molar-refractivity contribution in [3.05, 3.63) is 41.5 Å². The Morgan fingerprint density at radius 3 is 2.25 bits per heavy atom. The highest BCUT2D eigenvalue weighted by Crippen LogP contribution is 2.34. The van der Waals surface area contributed by atoms with E-state index in [0.717, 1.165) is 42.6 Å². The second-order valence-electron chi connectivity index (χ2n) is 7.41. The Morgan fingerprint density at radius 1 is 0.929 bits per heavy atom. The molecule has 1 heterocycles. The molecule has 0 bridgehead atoms. The van der Waals surface area contributed by atoms with Crippen LogP contribution >= 0.6 is 0 Å². The van der Waals surface area contributed by atoms with Crippen molar-refractivity contribution < 1.29 is 9.59 Å². The molecule has 3 rings (SSSR count). The van der Waals surface area contributed by atoms with Crippen molar-refractivity contribution in [1.82, 2.24) is 14.7 Å². The van der Waals surface area contributed by atoms with Crippen LogP contribution in [0.1, 0.15) is 34.6 Å². The summed E-state index contributed by atoms with van der Waals surface area (Å²) in [6, 6.07) is 9.51. The predicted octanol–water partition coefficient (Wildman–Crippen LogP) is 2.75. The highest BCUT2D eigenvalue weighted by atomic mass is 16.2. The van der Waals surface area contributed by atoms with Gasteiger partial charge in [0.1, 0.15) is 0 Å². The van der Waals surface area contributed by atoms with E-state index < -0.39 is 0 Å². The van der Waals surface area contributed by atoms with Crippen molar-refractivity contribution in [3.8, 4) is 0 Å². The van der Waals surface area contributed by atoms with Gasteiger partial charge in [-0.2, -0.15) is 0 Å². The molecular formula is C22H30N4O2. The number of imide groups is 1. The predicted molar refractivity (Wildman–Crippen MR) is 114 cm³/mol. The van der Waals surface area contributed by atoms with E-state index in [1.165, 1.54) is 4.90 Å². The molecule has 2 amide bonds. The van der Waals surface area contributed by atoms with Gasteiger partial charge < -0.3 is 15.1 Å². The molecule has 0 aliphatic carbocycles. The third-order valence-corrected chi connectivity index (χ3v) is 5.40. The molecule has 0 fully saturated rings. The minimum Gasteiger partial charge on any atom is -0.383 e. The highest BCUT2D eigenvalue weighted by molar-refractivity contribution is 6.26. The van der Waals surface area contributed by atoms with Crippen LogP contribution in [0.25, 0.3) is 10.8 Å². The number of nitrogens with zero attached hydrogens (tertiary/aromatic N) is 3. The fourth-order valence-corrected chi connectivity index (χ4v) is 3.69. The van der Waals surface area contributed by atoms with Crippen molar-refractivity contribution in [1.29, 1.82) is 0 Å². The van der Waals surface area contributed by atoms with E-state index in [2.05, 4.69) is 24.1 Å². The molecule has 0 aromatic heterocycles. The smallest absolute Gasteiger partial charge is 0.261 e. The molecule has 6 heteroatoms. The number of likely N-dealkylation sites (N-methyl/N-ethyl adjacent to an activating group) is 2. The van der Waals surface area contributed by atoms with Crippen LogP contribution in [0.15, 0.2) is 30.3 Å². The van der Waals surface area contributed by atoms with E-state index in [0.29, 0.717) is 24.2 Å². The first-order valence-corrected chi connectivity index (χ1v) is 10.0. The van der Waals surface area contributed by atoms with Crippen LogP contribution in [0.3, 0.4) is 0 Å². The minimum atomic E-state index is -0.203. The molecule has 0 unspecified atom stereocenters. The van der Waals surface area contributed by atoms with Crippen LogP contribution in [0, 0.1) is 0 Å². The van der Waals surface area contributed by atoms with Gasteiger partial charge in [-0.3, -0.25) is 14.5 Å². The molecular weight excluding hydrogens is 352 g/mol. The summed E-state index contributed by atoms with van der Waals surface area (Å²) in [6.07, 6.45) is 0. The second kappa shape index (κ2) is 8.71. The zero-order valence-electron chi connectivity index (χ0n) is 17.3. The largest absolute Gasteiger partial charge is 0.383 e. The van der Waals surface area contributed by atoms with Crippen LogP contribution in [0.5, 0.6) is 0 Å². The molecule has 150 valence electrons. The van der Waals surface area contributed by atoms with Gasteiger partial charge in [0.25, 0.3) is 11.8 Å². The van der Waals surface area contributed by atoms with Crippen LogP contribution in [0.4, 0.5) is 5.69 Å². The van der Waals surface area contributed by atoms with Crippen LogP contribution < -0.4 is 5.32 Å². The van der Waals surface area contributed by atoms with Crippen molar-refractivity contribution in [2.24, 2.45) is 0 Å². The first-order chi connectivity index (χ1) is 13.5. The first kappa shape index (κ1) is 20.3. The lowest BCUT2D eigenvalue weighted by molar-refractivity contribution is 0.0601. The van der Waals surface area contributed by atoms with Gasteiger partial charge in [-0.1, -0.05) is 26.0 Å². The van der Waals surface area contributed by atoms with Crippen molar-refractivity contribution >= 4 is 28.3 Å². The lowest BCUT2D eigenvalue weighted by Gasteiger charge is -2.29. The number of anilines is 1. The average molecular weight is 383 g/mol. The van der Waals surface area contributed by atoms with Gasteiger partial charge in [0.05, 0.1) is 0 Å². The number of hydrogen-bond donors (Lipinski definition) is 1. The third-order valence-electron chi connectivity index (χ3n) is 5.40. The summed E-state index contributed by atoms with van der Waals surface area (Å²) >= 11 is 0. The Bertz CT molecular complexity index is 852. The van der Waals surface area contributed by atoms with Crippen molar-refractivity contribution in [2.75, 3.05) is 58.7 Å². The summed E-state index contributed by atoms with van der Waals surface area (Å²) in [6.45, 7) is 9.17. The molecule has 28 heavy (non-hydrogen) atoms. The van der Waals surface area contributed by atoms with E-state index >= 15 is 0 Å². The SMILES string of the molecule is CCN(CC)CCNc1ccc2c3c(cccc13)C(=O)N(CCN(C)C)C2=O. The number of nitrogens with one attached hydrogen (secondary N) is 1. The van der Waals surface area contributed by atoms with Crippen molar-refractivity contribution in [2.45, 2.75) is 13.8 Å². The van der Waals surface area contributed by atoms with E-state index in [1.807, 2.05) is 49.3 Å². The number of hydrogen-bond acceptors (Lipinski definition) is 5. The molecule has 0 saturated heterocycles. The van der Waals surface area contributed by atoms with Gasteiger partial charge in [-0.25, -0.2) is 0 Å². The Morgan fingerprint density at radius 2 is 1.61 bits per heavy atom. The van der Waals surface area contributed by atoms with E-state index in [1.54, 1.807) is 0 Å². The van der Waals surface area contributed by atoms with Gasteiger partial charge in [0.15, 0.2) is 0 Å². The van der Waals surface area contributed by atoms with E-state index in [4.69, 9.17) is 0 Å². The van der Waals surface area contributed by atoms with Crippen LogP contribution in [-0.2, 0) is 0 Å². The van der Waals surface area contributed by atoms with Crippen LogP contribution in [0.2, 0.25) is 0 Å². The van der Waals surface area contributed by atoms with Gasteiger partial charge in [-0.15, -0.1) is 0 Å². The van der Waals surface area contributed by atoms with E-state index in [-0.39, 0.29) is 11.8 Å². The average Bonchev–Trinajstić information content (AvgIpc) is 2.69. The number of carbonyl (C=O) groups is 2. The van der Waals surface area contributed by atoms with Gasteiger partial charge >= 0.3 is 0 Å². The minimum absolute atomic E-state index is 0.203. The molecule has 2 aromatic carbocycles. The molecule has 1 aliphatic heterocycles. The quantitative estimate of drug-likeness (QED) is 0.676. The lowest BCUT2D eigenvalue weighted by atomic mass is 9.93. The highest BCUT2D eigenvalue weighted by Gasteiger charge is 2.33. The molecule has 0 radical (unpaired) electrons. The topological polar surface area (TPSA) is 55.9 Å². The van der Waals surface area contributed by atoms with Gasteiger partial charge in [-0.05, 0) is 45.4 Å². The Kier molecular flexibility index (Phi) is 6.31. The number of amides is 2. The van der Waals surface area contributed by atoms with Gasteiger partial charge in [0.2, 0.25) is 0 Å². The second-order valence-corrected chi connectivity index (χ2v) is 7.41. The fourth-order valence-electron chi connectivity index (χ4n) is 3.69. The summed E-state index contributed by atoms with van der Waals surface area (Å²) < 4.78 is 0. The van der Waals surface area contributed by atoms with E-state index in [9.17, 15) is 9.59 Å². The summed E-state index contributed by atoms with van der Waals surface area (Å²) in [4.78, 5) is 31.6. The zero-order valence-corrected chi connectivity index (χ0v) is 17.3. The first-order valence-electron chi connectivity index (χ1n) is 10.0. The molecule has 2 aromatic rings. The standard InChI is InChI=1S/C22H30N4O2/c1-5-25(6-2)13-12-23-19-11-10-18-20-16(19)8-7-9-17(20)21(27)26(22(18)28)15-14-24(3)4/h7-11,23H,5-6,12-15H2,1-4H3. The van der Waals surface area contributed by atoms with Crippen molar-refractivity contribution in [3.63, 3.8) is 0 Å². The molecule has 6 nitrogen and oxygen atoms in total. The lowest BCUT2D eigenvalue weighted by Crippen LogP contribution is -2.43. The number of carbonyl (C=O) groups excluding carboxylic acids is 2. The van der Waals surface area contributed by atoms with Crippen LogP contribution in [-0.4, -0.2) is 79.9 Å². The summed E-state index contributed by atoms with van der Waals surface area (Å²) in [5.41, 5.74) is 2.19. The Labute approximate surface area is 167 Å². The zero-order chi connectivity index (χ0) is 20.3. The van der Waals surface area contributed by atoms with Gasteiger partial charge in [0, 0.05) is 53.8 Å². The molecule has 1 N–H and O–H groups in total. The Balaban J connectivity index is 1.91. The molecule has 0 atom stereocenters. The normalized spacial score (nSPS) is 13.9. The summed E-state index contributed by atoms with van der Waals surface area (Å²) in [5.74, 6) is -0.407. The maximum Gasteiger partial charge on any atom is 0.261 e. The summed E-state index contributed by atoms with van der Waals surface area (Å²) in [7, 11) is 3.87. The summed E-state index contributed by atoms with van der Waals surface area (Å²) in [5, 5.41) is 5.19. The molecule has 1 aliphatic rings. The fraction of sp³-hybridized carbons (Fsp3) is 0.455. The molecule has 0 spiro atoms. The Hall–Kier alpha value is -2.44. The number of rotatable bonds is 9.